The van der Waals surface area contributed by atoms with E-state index in [2.05, 4.69) is 15.0 Å². The molecule has 1 amide bonds. The van der Waals surface area contributed by atoms with Gasteiger partial charge in [0.15, 0.2) is 5.78 Å². The number of hydrogen-bond acceptors (Lipinski definition) is 7. The maximum atomic E-state index is 12.3. The molecule has 3 rings (SSSR count). The Hall–Kier alpha value is -4.06. The highest BCUT2D eigenvalue weighted by molar-refractivity contribution is 7.90. The number of carbonyl (C=O) groups is 2. The van der Waals surface area contributed by atoms with Crippen LogP contribution in [0.2, 0.25) is 0 Å². The van der Waals surface area contributed by atoms with Gasteiger partial charge in [0.05, 0.1) is 9.82 Å². The number of nitrogens with zero attached hydrogens (tertiary/aromatic N) is 2. The highest BCUT2D eigenvalue weighted by atomic mass is 32.2. The summed E-state index contributed by atoms with van der Waals surface area (Å²) in [6.07, 6.45) is 0.939. The zero-order chi connectivity index (χ0) is 21.2. The quantitative estimate of drug-likeness (QED) is 0.210. The van der Waals surface area contributed by atoms with Crippen LogP contribution in [0.1, 0.15) is 10.4 Å². The summed E-state index contributed by atoms with van der Waals surface area (Å²) in [6.45, 7) is 0. The number of nitro groups is 1. The molecule has 0 spiro atoms. The number of hydrogen-bond donors (Lipinski definition) is 3. The molecule has 0 saturated carbocycles. The number of rotatable bonds is 5. The van der Waals surface area contributed by atoms with Crippen LogP contribution in [-0.4, -0.2) is 31.0 Å². The van der Waals surface area contributed by atoms with E-state index in [1.165, 1.54) is 36.4 Å². The van der Waals surface area contributed by atoms with E-state index in [1.54, 1.807) is 0 Å². The first kappa shape index (κ1) is 19.7. The number of nitrogens with two attached hydrogens (primary N) is 1. The van der Waals surface area contributed by atoms with Gasteiger partial charge >= 0.3 is 0 Å². The Balaban J connectivity index is 1.80. The van der Waals surface area contributed by atoms with Crippen molar-refractivity contribution in [2.24, 2.45) is 4.40 Å². The number of anilines is 1. The van der Waals surface area contributed by atoms with E-state index < -0.39 is 26.6 Å². The van der Waals surface area contributed by atoms with Gasteiger partial charge in [0.25, 0.3) is 21.6 Å². The summed E-state index contributed by atoms with van der Waals surface area (Å²) in [5, 5.41) is 15.3. The second-order valence-electron chi connectivity index (χ2n) is 5.79. The molecule has 11 nitrogen and oxygen atoms in total. The minimum absolute atomic E-state index is 0.109. The molecule has 0 radical (unpaired) electrons. The number of nitrogens with one attached hydrogen (secondary N) is 2. The van der Waals surface area contributed by atoms with E-state index in [9.17, 15) is 28.1 Å². The third-order valence-electron chi connectivity index (χ3n) is 3.76. The van der Waals surface area contributed by atoms with E-state index in [-0.39, 0.29) is 27.8 Å². The van der Waals surface area contributed by atoms with Gasteiger partial charge in [-0.05, 0) is 36.4 Å². The van der Waals surface area contributed by atoms with Gasteiger partial charge in [0, 0.05) is 29.5 Å². The second kappa shape index (κ2) is 7.52. The van der Waals surface area contributed by atoms with Crippen molar-refractivity contribution >= 4 is 39.0 Å². The zero-order valence-electron chi connectivity index (χ0n) is 14.5. The van der Waals surface area contributed by atoms with E-state index in [1.807, 2.05) is 0 Å². The van der Waals surface area contributed by atoms with Gasteiger partial charge < -0.3 is 11.1 Å². The Labute approximate surface area is 164 Å². The summed E-state index contributed by atoms with van der Waals surface area (Å²) in [5.41, 5.74) is 5.59. The molecular weight excluding hydrogens is 402 g/mol. The standard InChI is InChI=1S/C17H13N5O6S/c18-11-3-7-13(8-4-11)29(27,28)21-17-19-14(16(24)20-17)9-15(23)10-1-5-12(6-2-10)22(25)26/h1-9H,18H2,(H2,19,20,21,24)/b14-9-. The Kier molecular flexibility index (Phi) is 5.10. The fraction of sp³-hybridized carbons (Fsp3) is 0. The highest BCUT2D eigenvalue weighted by Crippen LogP contribution is 2.16. The van der Waals surface area contributed by atoms with Crippen LogP contribution >= 0.6 is 0 Å². The number of amides is 1. The molecule has 0 bridgehead atoms. The molecule has 1 aliphatic rings. The molecule has 0 aliphatic carbocycles. The normalized spacial score (nSPS) is 16.5. The predicted octanol–water partition coefficient (Wildman–Crippen LogP) is 0.708. The average molecular weight is 415 g/mol. The van der Waals surface area contributed by atoms with E-state index in [4.69, 9.17) is 5.73 Å². The Morgan fingerprint density at radius 1 is 1.07 bits per heavy atom. The molecular formula is C17H13N5O6S. The second-order valence-corrected chi connectivity index (χ2v) is 7.39. The molecule has 0 atom stereocenters. The van der Waals surface area contributed by atoms with Crippen molar-refractivity contribution in [2.75, 3.05) is 5.73 Å². The molecule has 0 aromatic heterocycles. The van der Waals surface area contributed by atoms with Crippen molar-refractivity contribution in [2.45, 2.75) is 4.90 Å². The third-order valence-corrected chi connectivity index (χ3v) is 5.05. The first-order valence-electron chi connectivity index (χ1n) is 7.95. The van der Waals surface area contributed by atoms with Crippen LogP contribution in [-0.2, 0) is 14.8 Å². The van der Waals surface area contributed by atoms with Crippen molar-refractivity contribution < 1.29 is 22.9 Å². The van der Waals surface area contributed by atoms with E-state index >= 15 is 0 Å². The number of ketones is 1. The molecule has 1 aliphatic heterocycles. The monoisotopic (exact) mass is 415 g/mol. The molecule has 4 N–H and O–H groups in total. The van der Waals surface area contributed by atoms with Gasteiger partial charge in [0.2, 0.25) is 5.96 Å². The van der Waals surface area contributed by atoms with Gasteiger partial charge in [0.1, 0.15) is 5.70 Å². The van der Waals surface area contributed by atoms with Crippen LogP contribution in [0.15, 0.2) is 69.6 Å². The average Bonchev–Trinajstić information content (AvgIpc) is 3.00. The van der Waals surface area contributed by atoms with Crippen LogP contribution in [0.4, 0.5) is 11.4 Å². The fourth-order valence-corrected chi connectivity index (χ4v) is 3.23. The number of carbonyl (C=O) groups excluding carboxylic acids is 2. The first-order valence-corrected chi connectivity index (χ1v) is 9.39. The SMILES string of the molecule is Nc1ccc(S(=O)(=O)/N=C2/NC(=O)/C(=C/C(=O)c3ccc([N+](=O)[O-])cc3)N2)cc1. The largest absolute Gasteiger partial charge is 0.399 e. The molecule has 29 heavy (non-hydrogen) atoms. The fourth-order valence-electron chi connectivity index (χ4n) is 2.31. The number of benzene rings is 2. The summed E-state index contributed by atoms with van der Waals surface area (Å²) in [5.74, 6) is -1.73. The van der Waals surface area contributed by atoms with E-state index in [0.29, 0.717) is 5.69 Å². The topological polar surface area (TPSA) is 174 Å². The summed E-state index contributed by atoms with van der Waals surface area (Å²) in [7, 11) is -4.12. The van der Waals surface area contributed by atoms with Crippen molar-refractivity contribution in [1.82, 2.24) is 10.6 Å². The van der Waals surface area contributed by atoms with Gasteiger partial charge in [-0.15, -0.1) is 4.40 Å². The van der Waals surface area contributed by atoms with Crippen LogP contribution in [0.5, 0.6) is 0 Å². The molecule has 0 unspecified atom stereocenters. The van der Waals surface area contributed by atoms with Gasteiger partial charge in [-0.25, -0.2) is 0 Å². The minimum atomic E-state index is -4.12. The lowest BCUT2D eigenvalue weighted by Gasteiger charge is -2.01. The Morgan fingerprint density at radius 3 is 2.28 bits per heavy atom. The first-order chi connectivity index (χ1) is 13.7. The lowest BCUT2D eigenvalue weighted by atomic mass is 10.1. The molecule has 1 fully saturated rings. The van der Waals surface area contributed by atoms with Gasteiger partial charge in [-0.2, -0.15) is 8.42 Å². The van der Waals surface area contributed by atoms with Crippen LogP contribution in [0.25, 0.3) is 0 Å². The molecule has 1 heterocycles. The third kappa shape index (κ3) is 4.44. The number of sulfonamides is 1. The Morgan fingerprint density at radius 2 is 1.69 bits per heavy atom. The van der Waals surface area contributed by atoms with Crippen molar-refractivity contribution in [3.63, 3.8) is 0 Å². The summed E-state index contributed by atoms with van der Waals surface area (Å²) in [4.78, 5) is 34.1. The minimum Gasteiger partial charge on any atom is -0.399 e. The van der Waals surface area contributed by atoms with Crippen molar-refractivity contribution in [3.05, 3.63) is 76.0 Å². The predicted molar refractivity (Wildman–Crippen MR) is 102 cm³/mol. The van der Waals surface area contributed by atoms with Crippen LogP contribution in [0, 0.1) is 10.1 Å². The summed E-state index contributed by atoms with van der Waals surface area (Å²) in [6, 6.07) is 10.1. The number of nitro benzene ring substituents is 1. The smallest absolute Gasteiger partial charge is 0.285 e. The number of nitrogen functional groups attached to an aromatic ring is 1. The van der Waals surface area contributed by atoms with Crippen LogP contribution < -0.4 is 16.4 Å². The summed E-state index contributed by atoms with van der Waals surface area (Å²) >= 11 is 0. The maximum Gasteiger partial charge on any atom is 0.285 e. The summed E-state index contributed by atoms with van der Waals surface area (Å²) < 4.78 is 28.1. The number of allylic oxidation sites excluding steroid dienone is 1. The lowest BCUT2D eigenvalue weighted by Crippen LogP contribution is -2.26. The van der Waals surface area contributed by atoms with Gasteiger partial charge in [-0.3, -0.25) is 25.0 Å². The highest BCUT2D eigenvalue weighted by Gasteiger charge is 2.26. The van der Waals surface area contributed by atoms with Crippen molar-refractivity contribution in [1.29, 1.82) is 0 Å². The molecule has 2 aromatic carbocycles. The zero-order valence-corrected chi connectivity index (χ0v) is 15.3. The lowest BCUT2D eigenvalue weighted by molar-refractivity contribution is -0.384. The molecule has 148 valence electrons. The van der Waals surface area contributed by atoms with Gasteiger partial charge in [-0.1, -0.05) is 0 Å². The number of guanidine groups is 1. The Bertz CT molecular complexity index is 1170. The molecule has 2 aromatic rings. The molecule has 1 saturated heterocycles. The maximum absolute atomic E-state index is 12.3. The van der Waals surface area contributed by atoms with Crippen LogP contribution in [0.3, 0.4) is 0 Å². The van der Waals surface area contributed by atoms with E-state index in [0.717, 1.165) is 18.2 Å². The van der Waals surface area contributed by atoms with Crippen molar-refractivity contribution in [3.8, 4) is 0 Å². The molecule has 12 heteroatoms. The number of non-ortho nitro benzene ring substituents is 1.